The van der Waals surface area contributed by atoms with E-state index in [4.69, 9.17) is 4.74 Å². The molecule has 4 atom stereocenters. The van der Waals surface area contributed by atoms with Crippen molar-refractivity contribution < 1.29 is 19.1 Å². The molecule has 1 saturated carbocycles. The first-order valence-corrected chi connectivity index (χ1v) is 13.4. The van der Waals surface area contributed by atoms with Crippen molar-refractivity contribution in [2.45, 2.75) is 70.1 Å². The van der Waals surface area contributed by atoms with Crippen LogP contribution in [0.2, 0.25) is 0 Å². The van der Waals surface area contributed by atoms with Crippen LogP contribution in [-0.2, 0) is 14.3 Å². The minimum atomic E-state index is -0.607. The molecule has 2 aromatic rings. The summed E-state index contributed by atoms with van der Waals surface area (Å²) in [7, 11) is 1.40. The molecule has 0 aromatic carbocycles. The number of ether oxygens (including phenoxy) is 1. The van der Waals surface area contributed by atoms with Gasteiger partial charge >= 0.3 is 5.97 Å². The normalized spacial score (nSPS) is 25.4. The smallest absolute Gasteiger partial charge is 0.310 e. The largest absolute Gasteiger partial charge is 0.469 e. The van der Waals surface area contributed by atoms with Crippen LogP contribution in [0.5, 0.6) is 0 Å². The van der Waals surface area contributed by atoms with Gasteiger partial charge in [0.05, 0.1) is 18.7 Å². The Morgan fingerprint density at radius 2 is 2.00 bits per heavy atom. The number of nitrogens with zero attached hydrogens (tertiary/aromatic N) is 2. The third kappa shape index (κ3) is 5.50. The Morgan fingerprint density at radius 1 is 1.21 bits per heavy atom. The molecule has 3 heterocycles. The summed E-state index contributed by atoms with van der Waals surface area (Å²) in [5, 5.41) is 12.6. The molecular weight excluding hydrogens is 472 g/mol. The van der Waals surface area contributed by atoms with Crippen molar-refractivity contribution in [3.63, 3.8) is 0 Å². The Kier molecular flexibility index (Phi) is 7.39. The van der Waals surface area contributed by atoms with Gasteiger partial charge in [0, 0.05) is 40.5 Å². The standard InChI is InChI=1S/C24H32N4O4S2/c1-24(2,3)27-15-5-6-19(16(11-15)23(31)32-4)28-9-7-17(22(28)30)25-20(29)21-26-18(13-34-21)14-8-10-33-12-14/h8,10,12-13,15-17,19,27H,5-7,9,11H2,1-4H3,(H,25,29)/t15?,16?,17-,19?/m0/s1. The van der Waals surface area contributed by atoms with Gasteiger partial charge in [-0.25, -0.2) is 4.98 Å². The van der Waals surface area contributed by atoms with Gasteiger partial charge in [0.25, 0.3) is 5.91 Å². The fourth-order valence-electron chi connectivity index (χ4n) is 4.98. The van der Waals surface area contributed by atoms with Crippen molar-refractivity contribution in [3.05, 3.63) is 27.2 Å². The first kappa shape index (κ1) is 24.8. The molecule has 2 N–H and O–H groups in total. The molecule has 2 fully saturated rings. The number of methoxy groups -OCH3 is 1. The number of likely N-dealkylation sites (tertiary alicyclic amines) is 1. The highest BCUT2D eigenvalue weighted by molar-refractivity contribution is 7.12. The molecule has 2 aromatic heterocycles. The number of hydrogen-bond donors (Lipinski definition) is 2. The summed E-state index contributed by atoms with van der Waals surface area (Å²) in [5.41, 5.74) is 1.68. The molecule has 2 aliphatic rings. The van der Waals surface area contributed by atoms with Crippen LogP contribution >= 0.6 is 22.7 Å². The number of nitrogens with one attached hydrogen (secondary N) is 2. The maximum absolute atomic E-state index is 13.3. The Balaban J connectivity index is 1.40. The summed E-state index contributed by atoms with van der Waals surface area (Å²) < 4.78 is 5.09. The minimum Gasteiger partial charge on any atom is -0.469 e. The summed E-state index contributed by atoms with van der Waals surface area (Å²) >= 11 is 2.85. The van der Waals surface area contributed by atoms with Gasteiger partial charge in [-0.1, -0.05) is 0 Å². The quantitative estimate of drug-likeness (QED) is 0.586. The fraction of sp³-hybridized carbons (Fsp3) is 0.583. The van der Waals surface area contributed by atoms with E-state index in [2.05, 4.69) is 36.4 Å². The number of aromatic nitrogens is 1. The second-order valence-electron chi connectivity index (χ2n) is 10.00. The van der Waals surface area contributed by atoms with Gasteiger partial charge in [-0.05, 0) is 57.9 Å². The molecular formula is C24H32N4O4S2. The Morgan fingerprint density at radius 3 is 2.68 bits per heavy atom. The summed E-state index contributed by atoms with van der Waals surface area (Å²) in [4.78, 5) is 44.9. The third-order valence-electron chi connectivity index (χ3n) is 6.42. The lowest BCUT2D eigenvalue weighted by Crippen LogP contribution is -2.55. The molecule has 0 radical (unpaired) electrons. The van der Waals surface area contributed by atoms with Crippen LogP contribution in [0.15, 0.2) is 22.2 Å². The molecule has 34 heavy (non-hydrogen) atoms. The van der Waals surface area contributed by atoms with E-state index in [0.29, 0.717) is 24.4 Å². The van der Waals surface area contributed by atoms with Crippen LogP contribution in [0.25, 0.3) is 11.3 Å². The molecule has 1 saturated heterocycles. The summed E-state index contributed by atoms with van der Waals surface area (Å²) in [6.07, 6.45) is 2.73. The average molecular weight is 505 g/mol. The molecule has 1 aliphatic carbocycles. The lowest BCUT2D eigenvalue weighted by atomic mass is 9.80. The number of thiophene rings is 1. The monoisotopic (exact) mass is 504 g/mol. The topological polar surface area (TPSA) is 101 Å². The summed E-state index contributed by atoms with van der Waals surface area (Å²) in [5.74, 6) is -1.14. The van der Waals surface area contributed by atoms with Crippen molar-refractivity contribution in [1.82, 2.24) is 20.5 Å². The number of carbonyl (C=O) groups excluding carboxylic acids is 3. The van der Waals surface area contributed by atoms with Gasteiger partial charge in [0.2, 0.25) is 5.91 Å². The van der Waals surface area contributed by atoms with E-state index < -0.39 is 6.04 Å². The summed E-state index contributed by atoms with van der Waals surface area (Å²) in [6, 6.07) is 1.33. The number of thiazole rings is 1. The predicted octanol–water partition coefficient (Wildman–Crippen LogP) is 3.30. The third-order valence-corrected chi connectivity index (χ3v) is 7.94. The fourth-order valence-corrected chi connectivity index (χ4v) is 6.36. The molecule has 4 rings (SSSR count). The van der Waals surface area contributed by atoms with E-state index >= 15 is 0 Å². The van der Waals surface area contributed by atoms with Crippen LogP contribution in [0.3, 0.4) is 0 Å². The van der Waals surface area contributed by atoms with Crippen LogP contribution in [0, 0.1) is 5.92 Å². The molecule has 8 nitrogen and oxygen atoms in total. The van der Waals surface area contributed by atoms with Gasteiger partial charge in [0.1, 0.15) is 6.04 Å². The molecule has 3 unspecified atom stereocenters. The Labute approximate surface area is 208 Å². The zero-order chi connectivity index (χ0) is 24.5. The first-order valence-electron chi connectivity index (χ1n) is 11.6. The maximum atomic E-state index is 13.3. The van der Waals surface area contributed by atoms with E-state index in [1.54, 1.807) is 16.2 Å². The predicted molar refractivity (Wildman–Crippen MR) is 133 cm³/mol. The van der Waals surface area contributed by atoms with Crippen molar-refractivity contribution in [1.29, 1.82) is 0 Å². The van der Waals surface area contributed by atoms with Crippen molar-refractivity contribution in [2.24, 2.45) is 5.92 Å². The van der Waals surface area contributed by atoms with E-state index in [0.717, 1.165) is 24.1 Å². The molecule has 0 spiro atoms. The molecule has 2 amide bonds. The highest BCUT2D eigenvalue weighted by atomic mass is 32.1. The first-order chi connectivity index (χ1) is 16.2. The molecule has 10 heteroatoms. The lowest BCUT2D eigenvalue weighted by molar-refractivity contribution is -0.151. The zero-order valence-corrected chi connectivity index (χ0v) is 21.6. The molecule has 1 aliphatic heterocycles. The van der Waals surface area contributed by atoms with Gasteiger partial charge < -0.3 is 20.3 Å². The van der Waals surface area contributed by atoms with E-state index in [9.17, 15) is 14.4 Å². The highest BCUT2D eigenvalue weighted by Crippen LogP contribution is 2.33. The number of esters is 1. The van der Waals surface area contributed by atoms with Gasteiger partial charge in [-0.3, -0.25) is 14.4 Å². The van der Waals surface area contributed by atoms with E-state index in [-0.39, 0.29) is 41.3 Å². The number of rotatable bonds is 6. The van der Waals surface area contributed by atoms with Crippen LogP contribution in [-0.4, -0.2) is 65.0 Å². The lowest BCUT2D eigenvalue weighted by Gasteiger charge is -2.41. The van der Waals surface area contributed by atoms with Crippen LogP contribution in [0.1, 0.15) is 56.3 Å². The highest BCUT2D eigenvalue weighted by Gasteiger charge is 2.45. The van der Waals surface area contributed by atoms with Crippen molar-refractivity contribution in [3.8, 4) is 11.3 Å². The summed E-state index contributed by atoms with van der Waals surface area (Å²) in [6.45, 7) is 6.83. The number of amides is 2. The average Bonchev–Trinajstić information content (AvgIpc) is 3.54. The van der Waals surface area contributed by atoms with Crippen LogP contribution < -0.4 is 10.6 Å². The Hall–Kier alpha value is -2.30. The maximum Gasteiger partial charge on any atom is 0.310 e. The van der Waals surface area contributed by atoms with Gasteiger partial charge in [-0.2, -0.15) is 11.3 Å². The van der Waals surface area contributed by atoms with Crippen LogP contribution in [0.4, 0.5) is 0 Å². The zero-order valence-electron chi connectivity index (χ0n) is 20.0. The SMILES string of the molecule is COC(=O)C1CC(NC(C)(C)C)CCC1N1CC[C@H](NC(=O)c2nc(-c3ccsc3)cs2)C1=O. The molecule has 184 valence electrons. The van der Waals surface area contributed by atoms with Crippen molar-refractivity contribution in [2.75, 3.05) is 13.7 Å². The minimum absolute atomic E-state index is 0.0594. The van der Waals surface area contributed by atoms with E-state index in [1.807, 2.05) is 22.2 Å². The number of carbonyl (C=O) groups is 3. The van der Waals surface area contributed by atoms with Gasteiger partial charge in [-0.15, -0.1) is 11.3 Å². The number of hydrogen-bond acceptors (Lipinski definition) is 8. The Bertz CT molecular complexity index is 1030. The molecule has 0 bridgehead atoms. The second-order valence-corrected chi connectivity index (χ2v) is 11.6. The van der Waals surface area contributed by atoms with Crippen molar-refractivity contribution >= 4 is 40.5 Å². The van der Waals surface area contributed by atoms with Gasteiger partial charge in [0.15, 0.2) is 5.01 Å². The second kappa shape index (κ2) is 10.1. The van der Waals surface area contributed by atoms with E-state index in [1.165, 1.54) is 18.4 Å².